The average Bonchev–Trinajstić information content (AvgIpc) is 2.72. The molecule has 9 heteroatoms. The number of hydrogen-bond donors (Lipinski definition) is 2. The smallest absolute Gasteiger partial charge is 0.416 e. The number of ether oxygens (including phenoxy) is 1. The van der Waals surface area contributed by atoms with Gasteiger partial charge < -0.3 is 15.0 Å². The van der Waals surface area contributed by atoms with Gasteiger partial charge in [-0.1, -0.05) is 36.4 Å². The molecule has 0 bridgehead atoms. The Morgan fingerprint density at radius 1 is 0.967 bits per heavy atom. The first-order chi connectivity index (χ1) is 14.2. The lowest BCUT2D eigenvalue weighted by Gasteiger charge is -2.18. The summed E-state index contributed by atoms with van der Waals surface area (Å²) in [5.41, 5.74) is -1.35. The van der Waals surface area contributed by atoms with Gasteiger partial charge in [0.25, 0.3) is 5.91 Å². The summed E-state index contributed by atoms with van der Waals surface area (Å²) in [7, 11) is 0. The second-order valence-electron chi connectivity index (χ2n) is 6.21. The molecule has 0 aliphatic carbocycles. The van der Waals surface area contributed by atoms with E-state index in [1.807, 2.05) is 0 Å². The number of aromatic amines is 1. The molecule has 1 atom stereocenters. The number of hydrogen-bond acceptors (Lipinski definition) is 4. The van der Waals surface area contributed by atoms with E-state index in [4.69, 9.17) is 4.74 Å². The van der Waals surface area contributed by atoms with E-state index >= 15 is 0 Å². The molecule has 2 aromatic carbocycles. The van der Waals surface area contributed by atoms with Gasteiger partial charge in [0.2, 0.25) is 11.7 Å². The molecule has 6 nitrogen and oxygen atoms in total. The maximum atomic E-state index is 12.9. The number of benzene rings is 2. The predicted molar refractivity (Wildman–Crippen MR) is 102 cm³/mol. The predicted octanol–water partition coefficient (Wildman–Crippen LogP) is 3.93. The van der Waals surface area contributed by atoms with Gasteiger partial charge in [0.1, 0.15) is 0 Å². The number of alkyl halides is 3. The number of halogens is 3. The van der Waals surface area contributed by atoms with Crippen LogP contribution in [0.2, 0.25) is 0 Å². The molecule has 1 amide bonds. The standard InChI is InChI=1S/C21H15F3N2O4/c22-21(23,24)15-7-4-8-16(12-15)26-19(28)18(13-5-2-1-3-6-13)30-20(29)14-9-10-25-17(27)11-14/h1-12,18H,(H,25,27)(H,26,28)/t18-/m1/s1. The molecule has 154 valence electrons. The van der Waals surface area contributed by atoms with Crippen molar-refractivity contribution in [3.8, 4) is 0 Å². The van der Waals surface area contributed by atoms with E-state index in [1.54, 1.807) is 18.2 Å². The van der Waals surface area contributed by atoms with Crippen LogP contribution in [0.4, 0.5) is 18.9 Å². The highest BCUT2D eigenvalue weighted by molar-refractivity contribution is 5.98. The molecular formula is C21H15F3N2O4. The summed E-state index contributed by atoms with van der Waals surface area (Å²) >= 11 is 0. The molecule has 0 radical (unpaired) electrons. The zero-order valence-electron chi connectivity index (χ0n) is 15.3. The number of rotatable bonds is 5. The highest BCUT2D eigenvalue weighted by Crippen LogP contribution is 2.31. The van der Waals surface area contributed by atoms with E-state index in [9.17, 15) is 27.6 Å². The normalized spacial score (nSPS) is 12.1. The Morgan fingerprint density at radius 3 is 2.37 bits per heavy atom. The summed E-state index contributed by atoms with van der Waals surface area (Å²) in [6.45, 7) is 0. The Labute approximate surface area is 168 Å². The number of H-pyrrole nitrogens is 1. The number of aromatic nitrogens is 1. The van der Waals surface area contributed by atoms with E-state index in [-0.39, 0.29) is 11.3 Å². The number of esters is 1. The minimum absolute atomic E-state index is 0.0773. The Kier molecular flexibility index (Phi) is 6.01. The third kappa shape index (κ3) is 5.13. The largest absolute Gasteiger partial charge is 0.444 e. The van der Waals surface area contributed by atoms with Crippen molar-refractivity contribution in [1.82, 2.24) is 4.98 Å². The van der Waals surface area contributed by atoms with Crippen molar-refractivity contribution < 1.29 is 27.5 Å². The fourth-order valence-electron chi connectivity index (χ4n) is 2.63. The van der Waals surface area contributed by atoms with Crippen LogP contribution in [0.5, 0.6) is 0 Å². The Balaban J connectivity index is 1.87. The summed E-state index contributed by atoms with van der Waals surface area (Å²) in [6, 6.07) is 14.4. The van der Waals surface area contributed by atoms with Crippen LogP contribution in [0, 0.1) is 0 Å². The number of carbonyl (C=O) groups is 2. The van der Waals surface area contributed by atoms with Crippen LogP contribution in [0.25, 0.3) is 0 Å². The average molecular weight is 416 g/mol. The van der Waals surface area contributed by atoms with Crippen molar-refractivity contribution in [1.29, 1.82) is 0 Å². The van der Waals surface area contributed by atoms with Crippen molar-refractivity contribution >= 4 is 17.6 Å². The van der Waals surface area contributed by atoms with E-state index < -0.39 is 35.3 Å². The molecule has 1 aromatic heterocycles. The van der Waals surface area contributed by atoms with Gasteiger partial charge in [0, 0.05) is 23.5 Å². The van der Waals surface area contributed by atoms with Gasteiger partial charge in [-0.05, 0) is 24.3 Å². The maximum Gasteiger partial charge on any atom is 0.416 e. The molecule has 0 fully saturated rings. The van der Waals surface area contributed by atoms with Crippen LogP contribution in [-0.2, 0) is 15.7 Å². The highest BCUT2D eigenvalue weighted by Gasteiger charge is 2.31. The lowest BCUT2D eigenvalue weighted by atomic mass is 10.1. The number of nitrogens with one attached hydrogen (secondary N) is 2. The van der Waals surface area contributed by atoms with Crippen LogP contribution in [0.3, 0.4) is 0 Å². The maximum absolute atomic E-state index is 12.9. The van der Waals surface area contributed by atoms with Gasteiger partial charge >= 0.3 is 12.1 Å². The van der Waals surface area contributed by atoms with Gasteiger partial charge in [-0.2, -0.15) is 13.2 Å². The van der Waals surface area contributed by atoms with Crippen molar-refractivity contribution in [2.75, 3.05) is 5.32 Å². The topological polar surface area (TPSA) is 88.3 Å². The summed E-state index contributed by atoms with van der Waals surface area (Å²) < 4.78 is 44.0. The van der Waals surface area contributed by atoms with Gasteiger partial charge in [-0.3, -0.25) is 9.59 Å². The third-order valence-corrected chi connectivity index (χ3v) is 4.03. The van der Waals surface area contributed by atoms with Crippen LogP contribution in [0.1, 0.15) is 27.6 Å². The SMILES string of the molecule is O=C(O[C@@H](C(=O)Nc1cccc(C(F)(F)F)c1)c1ccccc1)c1cc[nH]c(=O)c1. The van der Waals surface area contributed by atoms with Crippen LogP contribution < -0.4 is 10.9 Å². The number of amides is 1. The lowest BCUT2D eigenvalue weighted by molar-refractivity contribution is -0.137. The molecule has 0 aliphatic heterocycles. The lowest BCUT2D eigenvalue weighted by Crippen LogP contribution is -2.26. The quantitative estimate of drug-likeness (QED) is 0.617. The summed E-state index contributed by atoms with van der Waals surface area (Å²) in [5, 5.41) is 2.34. The molecule has 2 N–H and O–H groups in total. The van der Waals surface area contributed by atoms with E-state index in [0.717, 1.165) is 24.3 Å². The summed E-state index contributed by atoms with van der Waals surface area (Å²) in [5.74, 6) is -1.78. The molecule has 0 unspecified atom stereocenters. The van der Waals surface area contributed by atoms with E-state index in [1.165, 1.54) is 30.5 Å². The molecule has 3 aromatic rings. The molecule has 0 spiro atoms. The molecule has 0 saturated carbocycles. The van der Waals surface area contributed by atoms with Gasteiger partial charge in [0.05, 0.1) is 11.1 Å². The van der Waals surface area contributed by atoms with Crippen LogP contribution in [-0.4, -0.2) is 16.9 Å². The molecule has 0 aliphatic rings. The zero-order valence-corrected chi connectivity index (χ0v) is 15.3. The van der Waals surface area contributed by atoms with E-state index in [0.29, 0.717) is 5.56 Å². The summed E-state index contributed by atoms with van der Waals surface area (Å²) in [6.07, 6.45) is -4.78. The van der Waals surface area contributed by atoms with Crippen molar-refractivity contribution in [3.05, 3.63) is 100.0 Å². The molecule has 0 saturated heterocycles. The first-order valence-corrected chi connectivity index (χ1v) is 8.67. The Morgan fingerprint density at radius 2 is 1.70 bits per heavy atom. The highest BCUT2D eigenvalue weighted by atomic mass is 19.4. The Bertz CT molecular complexity index is 1110. The van der Waals surface area contributed by atoms with Crippen molar-refractivity contribution in [3.63, 3.8) is 0 Å². The number of anilines is 1. The fourth-order valence-corrected chi connectivity index (χ4v) is 2.63. The zero-order chi connectivity index (χ0) is 21.7. The van der Waals surface area contributed by atoms with E-state index in [2.05, 4.69) is 10.3 Å². The van der Waals surface area contributed by atoms with Crippen LogP contribution >= 0.6 is 0 Å². The minimum Gasteiger partial charge on any atom is -0.444 e. The monoisotopic (exact) mass is 416 g/mol. The number of pyridine rings is 1. The van der Waals surface area contributed by atoms with Crippen molar-refractivity contribution in [2.24, 2.45) is 0 Å². The fraction of sp³-hybridized carbons (Fsp3) is 0.0952. The molecular weight excluding hydrogens is 401 g/mol. The second-order valence-corrected chi connectivity index (χ2v) is 6.21. The summed E-state index contributed by atoms with van der Waals surface area (Å²) in [4.78, 5) is 38.9. The van der Waals surface area contributed by atoms with Crippen molar-refractivity contribution in [2.45, 2.75) is 12.3 Å². The van der Waals surface area contributed by atoms with Gasteiger partial charge in [-0.15, -0.1) is 0 Å². The third-order valence-electron chi connectivity index (χ3n) is 4.03. The molecule has 1 heterocycles. The number of carbonyl (C=O) groups excluding carboxylic acids is 2. The molecule has 3 rings (SSSR count). The first kappa shape index (κ1) is 20.8. The van der Waals surface area contributed by atoms with Gasteiger partial charge in [-0.25, -0.2) is 4.79 Å². The molecule has 30 heavy (non-hydrogen) atoms. The first-order valence-electron chi connectivity index (χ1n) is 8.67. The van der Waals surface area contributed by atoms with Gasteiger partial charge in [0.15, 0.2) is 0 Å². The Hall–Kier alpha value is -3.88. The van der Waals surface area contributed by atoms with Crippen LogP contribution in [0.15, 0.2) is 77.7 Å². The second kappa shape index (κ2) is 8.64. The minimum atomic E-state index is -4.58.